The second-order valence-electron chi connectivity index (χ2n) is 3.80. The third-order valence-corrected chi connectivity index (χ3v) is 2.73. The Morgan fingerprint density at radius 2 is 2.17 bits per heavy atom. The van der Waals surface area contributed by atoms with Crippen LogP contribution in [-0.4, -0.2) is 24.5 Å². The minimum Gasteiger partial charge on any atom is -0.299 e. The van der Waals surface area contributed by atoms with E-state index in [0.29, 0.717) is 0 Å². The first kappa shape index (κ1) is 9.79. The van der Waals surface area contributed by atoms with Gasteiger partial charge in [-0.15, -0.1) is 0 Å². The normalized spacial score (nSPS) is 24.7. The molecule has 70 valence electrons. The third kappa shape index (κ3) is 2.98. The van der Waals surface area contributed by atoms with Crippen molar-refractivity contribution < 1.29 is 0 Å². The molecule has 0 saturated carbocycles. The van der Waals surface area contributed by atoms with Crippen LogP contribution in [0.15, 0.2) is 12.2 Å². The molecule has 1 nitrogen and oxygen atoms in total. The summed E-state index contributed by atoms with van der Waals surface area (Å²) < 4.78 is 0. The van der Waals surface area contributed by atoms with Gasteiger partial charge in [-0.3, -0.25) is 4.90 Å². The van der Waals surface area contributed by atoms with Crippen LogP contribution in [0, 0.1) is 0 Å². The van der Waals surface area contributed by atoms with Gasteiger partial charge in [0.05, 0.1) is 0 Å². The topological polar surface area (TPSA) is 3.24 Å². The maximum absolute atomic E-state index is 2.47. The van der Waals surface area contributed by atoms with Gasteiger partial charge >= 0.3 is 0 Å². The van der Waals surface area contributed by atoms with Crippen LogP contribution in [0.4, 0.5) is 0 Å². The Hall–Kier alpha value is -0.300. The molecule has 1 atom stereocenters. The van der Waals surface area contributed by atoms with E-state index in [2.05, 4.69) is 31.0 Å². The molecule has 0 saturated heterocycles. The Morgan fingerprint density at radius 1 is 1.33 bits per heavy atom. The largest absolute Gasteiger partial charge is 0.299 e. The van der Waals surface area contributed by atoms with E-state index in [1.54, 1.807) is 0 Å². The highest BCUT2D eigenvalue weighted by atomic mass is 15.1. The number of nitrogens with zero attached hydrogens (tertiary/aromatic N) is 1. The Balaban J connectivity index is 2.17. The molecule has 1 aliphatic heterocycles. The van der Waals surface area contributed by atoms with Crippen molar-refractivity contribution in [3.8, 4) is 0 Å². The summed E-state index contributed by atoms with van der Waals surface area (Å²) in [6, 6.07) is 0.821. The molecule has 12 heavy (non-hydrogen) atoms. The maximum Gasteiger partial charge on any atom is 0.0163 e. The lowest BCUT2D eigenvalue weighted by atomic mass is 10.0. The van der Waals surface area contributed by atoms with Gasteiger partial charge in [0.25, 0.3) is 0 Å². The van der Waals surface area contributed by atoms with E-state index in [4.69, 9.17) is 0 Å². The fraction of sp³-hybridized carbons (Fsp3) is 0.818. The predicted octanol–water partition coefficient (Wildman–Crippen LogP) is 2.83. The fourth-order valence-corrected chi connectivity index (χ4v) is 1.79. The molecule has 1 unspecified atom stereocenters. The first-order chi connectivity index (χ1) is 5.84. The van der Waals surface area contributed by atoms with E-state index >= 15 is 0 Å². The lowest BCUT2D eigenvalue weighted by Gasteiger charge is -2.29. The lowest BCUT2D eigenvalue weighted by Crippen LogP contribution is -2.33. The summed E-state index contributed by atoms with van der Waals surface area (Å²) in [6.07, 6.45) is 11.4. The summed E-state index contributed by atoms with van der Waals surface area (Å²) in [5, 5.41) is 0. The third-order valence-electron chi connectivity index (χ3n) is 2.73. The van der Waals surface area contributed by atoms with Crippen LogP contribution >= 0.6 is 0 Å². The van der Waals surface area contributed by atoms with E-state index in [9.17, 15) is 0 Å². The second kappa shape index (κ2) is 5.36. The molecule has 0 aliphatic carbocycles. The molecule has 1 heteroatoms. The molecule has 0 bridgehead atoms. The minimum atomic E-state index is 0.821. The van der Waals surface area contributed by atoms with E-state index in [1.807, 2.05) is 0 Å². The zero-order valence-electron chi connectivity index (χ0n) is 8.42. The highest BCUT2D eigenvalue weighted by Crippen LogP contribution is 2.15. The molecular weight excluding hydrogens is 146 g/mol. The highest BCUT2D eigenvalue weighted by molar-refractivity contribution is 4.94. The average Bonchev–Trinajstić information content (AvgIpc) is 2.09. The van der Waals surface area contributed by atoms with Gasteiger partial charge in [-0.1, -0.05) is 38.3 Å². The maximum atomic E-state index is 2.47. The van der Waals surface area contributed by atoms with Crippen LogP contribution in [0.25, 0.3) is 0 Å². The van der Waals surface area contributed by atoms with Crippen LogP contribution in [0.2, 0.25) is 0 Å². The Labute approximate surface area is 76.5 Å². The molecule has 0 amide bonds. The summed E-state index contributed by atoms with van der Waals surface area (Å²) in [5.41, 5.74) is 0. The van der Waals surface area contributed by atoms with Crippen LogP contribution in [0.5, 0.6) is 0 Å². The average molecular weight is 167 g/mol. The first-order valence-corrected chi connectivity index (χ1v) is 5.20. The number of rotatable bonds is 4. The molecule has 0 fully saturated rings. The Kier molecular flexibility index (Phi) is 4.37. The van der Waals surface area contributed by atoms with E-state index in [0.717, 1.165) is 12.6 Å². The predicted molar refractivity (Wildman–Crippen MR) is 54.3 cm³/mol. The molecule has 0 radical (unpaired) electrons. The van der Waals surface area contributed by atoms with Gasteiger partial charge in [-0.2, -0.15) is 0 Å². The Morgan fingerprint density at radius 3 is 2.83 bits per heavy atom. The highest BCUT2D eigenvalue weighted by Gasteiger charge is 2.13. The minimum absolute atomic E-state index is 0.821. The number of hydrogen-bond acceptors (Lipinski definition) is 1. The molecule has 0 aromatic heterocycles. The van der Waals surface area contributed by atoms with Crippen LogP contribution in [0.1, 0.15) is 39.0 Å². The van der Waals surface area contributed by atoms with Crippen LogP contribution < -0.4 is 0 Å². The van der Waals surface area contributed by atoms with Gasteiger partial charge in [0.1, 0.15) is 0 Å². The van der Waals surface area contributed by atoms with Crippen molar-refractivity contribution >= 4 is 0 Å². The van der Waals surface area contributed by atoms with Crippen LogP contribution in [0.3, 0.4) is 0 Å². The monoisotopic (exact) mass is 167 g/mol. The fourth-order valence-electron chi connectivity index (χ4n) is 1.79. The van der Waals surface area contributed by atoms with E-state index in [1.165, 1.54) is 32.1 Å². The van der Waals surface area contributed by atoms with Crippen molar-refractivity contribution in [2.24, 2.45) is 0 Å². The summed E-state index contributed by atoms with van der Waals surface area (Å²) >= 11 is 0. The van der Waals surface area contributed by atoms with Crippen molar-refractivity contribution in [1.82, 2.24) is 4.90 Å². The van der Waals surface area contributed by atoms with E-state index < -0.39 is 0 Å². The van der Waals surface area contributed by atoms with Crippen molar-refractivity contribution in [3.05, 3.63) is 12.2 Å². The summed E-state index contributed by atoms with van der Waals surface area (Å²) in [6.45, 7) is 3.42. The van der Waals surface area contributed by atoms with Gasteiger partial charge in [-0.25, -0.2) is 0 Å². The Bertz CT molecular complexity index is 140. The van der Waals surface area contributed by atoms with Crippen LogP contribution in [-0.2, 0) is 0 Å². The molecule has 1 aliphatic rings. The first-order valence-electron chi connectivity index (χ1n) is 5.20. The number of hydrogen-bond donors (Lipinski definition) is 0. The smallest absolute Gasteiger partial charge is 0.0163 e. The zero-order valence-corrected chi connectivity index (χ0v) is 8.42. The van der Waals surface area contributed by atoms with Gasteiger partial charge in [0, 0.05) is 12.6 Å². The standard InChI is InChI=1S/C11H21N/c1-3-4-5-8-11-9-6-7-10-12(11)2/h6-7,11H,3-5,8-10H2,1-2H3. The van der Waals surface area contributed by atoms with Gasteiger partial charge in [0.15, 0.2) is 0 Å². The molecule has 1 heterocycles. The van der Waals surface area contributed by atoms with Crippen molar-refractivity contribution in [2.75, 3.05) is 13.6 Å². The summed E-state index contributed by atoms with van der Waals surface area (Å²) in [4.78, 5) is 2.47. The van der Waals surface area contributed by atoms with Crippen molar-refractivity contribution in [1.29, 1.82) is 0 Å². The zero-order chi connectivity index (χ0) is 8.81. The number of unbranched alkanes of at least 4 members (excludes halogenated alkanes) is 2. The van der Waals surface area contributed by atoms with Gasteiger partial charge < -0.3 is 0 Å². The lowest BCUT2D eigenvalue weighted by molar-refractivity contribution is 0.239. The van der Waals surface area contributed by atoms with Gasteiger partial charge in [-0.05, 0) is 19.9 Å². The summed E-state index contributed by atoms with van der Waals surface area (Å²) in [7, 11) is 2.24. The van der Waals surface area contributed by atoms with Crippen molar-refractivity contribution in [2.45, 2.75) is 45.1 Å². The number of likely N-dealkylation sites (N-methyl/N-ethyl adjacent to an activating group) is 1. The molecule has 0 aromatic carbocycles. The molecular formula is C11H21N. The molecule has 0 N–H and O–H groups in total. The quantitative estimate of drug-likeness (QED) is 0.460. The summed E-state index contributed by atoms with van der Waals surface area (Å²) in [5.74, 6) is 0. The van der Waals surface area contributed by atoms with Crippen molar-refractivity contribution in [3.63, 3.8) is 0 Å². The van der Waals surface area contributed by atoms with E-state index in [-0.39, 0.29) is 0 Å². The molecule has 0 spiro atoms. The SMILES string of the molecule is CCCCCC1CC=CCN1C. The second-order valence-corrected chi connectivity index (χ2v) is 3.80. The van der Waals surface area contributed by atoms with Gasteiger partial charge in [0.2, 0.25) is 0 Å². The molecule has 0 aromatic rings. The molecule has 1 rings (SSSR count).